The van der Waals surface area contributed by atoms with Crippen molar-refractivity contribution in [2.45, 2.75) is 0 Å². The van der Waals surface area contributed by atoms with E-state index >= 15 is 0 Å². The molecule has 0 aliphatic carbocycles. The second-order valence-electron chi connectivity index (χ2n) is 5.54. The van der Waals surface area contributed by atoms with Crippen LogP contribution in [0.2, 0.25) is 0 Å². The Kier molecular flexibility index (Phi) is 4.47. The maximum absolute atomic E-state index is 5.39. The third-order valence-corrected chi connectivity index (χ3v) is 4.06. The minimum atomic E-state index is 0.600. The fraction of sp³-hybridized carbons (Fsp3) is 0.200. The fourth-order valence-corrected chi connectivity index (χ4v) is 2.79. The summed E-state index contributed by atoms with van der Waals surface area (Å²) in [5.74, 6) is 1.90. The first kappa shape index (κ1) is 16.0. The predicted molar refractivity (Wildman–Crippen MR) is 97.9 cm³/mol. The molecule has 124 valence electrons. The van der Waals surface area contributed by atoms with Crippen LogP contribution in [0.15, 0.2) is 42.6 Å². The molecule has 3 rings (SSSR count). The number of hydrogen-bond acceptors (Lipinski definition) is 3. The van der Waals surface area contributed by atoms with Gasteiger partial charge in [-0.1, -0.05) is 18.2 Å². The van der Waals surface area contributed by atoms with Crippen molar-refractivity contribution in [3.63, 3.8) is 0 Å². The zero-order valence-corrected chi connectivity index (χ0v) is 14.4. The van der Waals surface area contributed by atoms with E-state index in [0.717, 1.165) is 11.1 Å². The van der Waals surface area contributed by atoms with Crippen LogP contribution < -0.4 is 14.2 Å². The van der Waals surface area contributed by atoms with Gasteiger partial charge in [0.25, 0.3) is 0 Å². The molecule has 4 nitrogen and oxygen atoms in total. The normalized spacial score (nSPS) is 11.2. The van der Waals surface area contributed by atoms with Crippen molar-refractivity contribution in [3.8, 4) is 17.2 Å². The molecule has 4 heteroatoms. The largest absolute Gasteiger partial charge is 0.493 e. The van der Waals surface area contributed by atoms with Gasteiger partial charge in [0.15, 0.2) is 11.5 Å². The maximum atomic E-state index is 5.39. The lowest BCUT2D eigenvalue weighted by molar-refractivity contribution is 0.324. The van der Waals surface area contributed by atoms with E-state index in [-0.39, 0.29) is 0 Å². The second-order valence-corrected chi connectivity index (χ2v) is 5.54. The second kappa shape index (κ2) is 6.71. The van der Waals surface area contributed by atoms with E-state index in [2.05, 4.69) is 41.1 Å². The molecule has 0 aliphatic heterocycles. The molecule has 2 aromatic carbocycles. The first-order valence-corrected chi connectivity index (χ1v) is 7.69. The lowest BCUT2D eigenvalue weighted by Gasteiger charge is -2.12. The summed E-state index contributed by atoms with van der Waals surface area (Å²) in [6, 6.07) is 12.4. The highest BCUT2D eigenvalue weighted by Gasteiger charge is 2.11. The Morgan fingerprint density at radius 3 is 2.08 bits per heavy atom. The van der Waals surface area contributed by atoms with Crippen molar-refractivity contribution in [1.29, 1.82) is 0 Å². The highest BCUT2D eigenvalue weighted by Crippen LogP contribution is 2.38. The van der Waals surface area contributed by atoms with Gasteiger partial charge in [0.05, 0.1) is 21.3 Å². The van der Waals surface area contributed by atoms with Crippen LogP contribution in [-0.2, 0) is 7.05 Å². The molecule has 1 aromatic heterocycles. The lowest BCUT2D eigenvalue weighted by Crippen LogP contribution is -1.95. The number of benzene rings is 2. The molecule has 0 saturated carbocycles. The topological polar surface area (TPSA) is 32.6 Å². The average molecular weight is 323 g/mol. The predicted octanol–water partition coefficient (Wildman–Crippen LogP) is 4.37. The average Bonchev–Trinajstić information content (AvgIpc) is 2.99. The van der Waals surface area contributed by atoms with Crippen LogP contribution in [0.5, 0.6) is 17.2 Å². The third-order valence-electron chi connectivity index (χ3n) is 4.06. The minimum Gasteiger partial charge on any atom is -0.493 e. The summed E-state index contributed by atoms with van der Waals surface area (Å²) in [6.07, 6.45) is 6.18. The number of nitrogens with zero attached hydrogens (tertiary/aromatic N) is 1. The first-order chi connectivity index (χ1) is 11.7. The summed E-state index contributed by atoms with van der Waals surface area (Å²) < 4.78 is 18.2. The molecule has 0 unspecified atom stereocenters. The van der Waals surface area contributed by atoms with Gasteiger partial charge < -0.3 is 18.8 Å². The number of hydrogen-bond donors (Lipinski definition) is 0. The Morgan fingerprint density at radius 2 is 1.46 bits per heavy atom. The van der Waals surface area contributed by atoms with Gasteiger partial charge in [-0.25, -0.2) is 0 Å². The minimum absolute atomic E-state index is 0.600. The van der Waals surface area contributed by atoms with Gasteiger partial charge in [-0.15, -0.1) is 0 Å². The Morgan fingerprint density at radius 1 is 0.792 bits per heavy atom. The summed E-state index contributed by atoms with van der Waals surface area (Å²) in [5, 5.41) is 1.23. The van der Waals surface area contributed by atoms with Crippen molar-refractivity contribution in [2.75, 3.05) is 21.3 Å². The van der Waals surface area contributed by atoms with Crippen LogP contribution in [0.4, 0.5) is 0 Å². The molecule has 0 amide bonds. The van der Waals surface area contributed by atoms with Gasteiger partial charge in [-0.3, -0.25) is 0 Å². The summed E-state index contributed by atoms with van der Waals surface area (Å²) >= 11 is 0. The summed E-state index contributed by atoms with van der Waals surface area (Å²) in [7, 11) is 6.89. The van der Waals surface area contributed by atoms with E-state index in [4.69, 9.17) is 14.2 Å². The Balaban J connectivity index is 1.95. The molecule has 0 atom stereocenters. The maximum Gasteiger partial charge on any atom is 0.203 e. The monoisotopic (exact) mass is 323 g/mol. The molecule has 24 heavy (non-hydrogen) atoms. The van der Waals surface area contributed by atoms with Gasteiger partial charge in [0.1, 0.15) is 0 Å². The van der Waals surface area contributed by atoms with Crippen LogP contribution >= 0.6 is 0 Å². The van der Waals surface area contributed by atoms with Crippen molar-refractivity contribution in [1.82, 2.24) is 4.57 Å². The summed E-state index contributed by atoms with van der Waals surface area (Å²) in [4.78, 5) is 0. The number of aromatic nitrogens is 1. The van der Waals surface area contributed by atoms with Gasteiger partial charge in [0, 0.05) is 24.1 Å². The number of fused-ring (bicyclic) bond motifs is 1. The molecular weight excluding hydrogens is 302 g/mol. The van der Waals surface area contributed by atoms with E-state index in [0.29, 0.717) is 17.2 Å². The lowest BCUT2D eigenvalue weighted by atomic mass is 10.1. The number of aryl methyl sites for hydroxylation is 1. The molecule has 0 fully saturated rings. The van der Waals surface area contributed by atoms with Crippen LogP contribution in [-0.4, -0.2) is 25.9 Å². The number of rotatable bonds is 5. The summed E-state index contributed by atoms with van der Waals surface area (Å²) in [6.45, 7) is 0. The highest BCUT2D eigenvalue weighted by atomic mass is 16.5. The first-order valence-electron chi connectivity index (χ1n) is 7.69. The van der Waals surface area contributed by atoms with E-state index in [9.17, 15) is 0 Å². The Bertz CT molecular complexity index is 868. The molecule has 3 aromatic rings. The standard InChI is InChI=1S/C20H21NO3/c1-21-10-9-16-11-14(7-8-17(16)21)5-6-15-12-18(22-2)20(24-4)19(13-15)23-3/h5-13H,1-4H3/b6-5-. The number of ether oxygens (including phenoxy) is 3. The SMILES string of the molecule is COc1cc(/C=C\c2ccc3c(ccn3C)c2)cc(OC)c1OC. The molecule has 0 N–H and O–H groups in total. The van der Waals surface area contributed by atoms with E-state index in [1.165, 1.54) is 10.9 Å². The molecular formula is C20H21NO3. The van der Waals surface area contributed by atoms with Crippen molar-refractivity contribution in [2.24, 2.45) is 7.05 Å². The van der Waals surface area contributed by atoms with Crippen LogP contribution in [0.1, 0.15) is 11.1 Å². The molecule has 0 aliphatic rings. The van der Waals surface area contributed by atoms with Crippen LogP contribution in [0, 0.1) is 0 Å². The van der Waals surface area contributed by atoms with Crippen molar-refractivity contribution >= 4 is 23.1 Å². The zero-order valence-electron chi connectivity index (χ0n) is 14.4. The Hall–Kier alpha value is -2.88. The van der Waals surface area contributed by atoms with Crippen LogP contribution in [0.25, 0.3) is 23.1 Å². The molecule has 0 saturated heterocycles. The Labute approximate surface area is 141 Å². The van der Waals surface area contributed by atoms with Crippen molar-refractivity contribution in [3.05, 3.63) is 53.7 Å². The molecule has 0 spiro atoms. The highest BCUT2D eigenvalue weighted by molar-refractivity contribution is 5.84. The fourth-order valence-electron chi connectivity index (χ4n) is 2.79. The van der Waals surface area contributed by atoms with Gasteiger partial charge >= 0.3 is 0 Å². The van der Waals surface area contributed by atoms with Crippen LogP contribution in [0.3, 0.4) is 0 Å². The summed E-state index contributed by atoms with van der Waals surface area (Å²) in [5.41, 5.74) is 3.35. The third kappa shape index (κ3) is 2.95. The van der Waals surface area contributed by atoms with Gasteiger partial charge in [-0.2, -0.15) is 0 Å². The molecule has 1 heterocycles. The van der Waals surface area contributed by atoms with E-state index in [1.807, 2.05) is 25.3 Å². The van der Waals surface area contributed by atoms with E-state index in [1.54, 1.807) is 21.3 Å². The number of methoxy groups -OCH3 is 3. The smallest absolute Gasteiger partial charge is 0.203 e. The van der Waals surface area contributed by atoms with Crippen molar-refractivity contribution < 1.29 is 14.2 Å². The quantitative estimate of drug-likeness (QED) is 0.653. The van der Waals surface area contributed by atoms with Gasteiger partial charge in [-0.05, 0) is 41.5 Å². The van der Waals surface area contributed by atoms with Gasteiger partial charge in [0.2, 0.25) is 5.75 Å². The molecule has 0 radical (unpaired) electrons. The zero-order chi connectivity index (χ0) is 17.1. The molecule has 0 bridgehead atoms. The van der Waals surface area contributed by atoms with E-state index < -0.39 is 0 Å².